The summed E-state index contributed by atoms with van der Waals surface area (Å²) >= 11 is 0. The fourth-order valence-corrected chi connectivity index (χ4v) is 1.45. The van der Waals surface area contributed by atoms with Crippen LogP contribution < -0.4 is 15.0 Å². The number of methoxy groups -OCH3 is 1. The third-order valence-corrected chi connectivity index (χ3v) is 2.45. The van der Waals surface area contributed by atoms with Crippen molar-refractivity contribution in [3.63, 3.8) is 0 Å². The minimum Gasteiger partial charge on any atom is -0.467 e. The van der Waals surface area contributed by atoms with Gasteiger partial charge in [-0.2, -0.15) is 20.1 Å². The zero-order valence-corrected chi connectivity index (χ0v) is 12.0. The first-order chi connectivity index (χ1) is 10.1. The van der Waals surface area contributed by atoms with Gasteiger partial charge in [0.25, 0.3) is 0 Å². The fourth-order valence-electron chi connectivity index (χ4n) is 1.45. The van der Waals surface area contributed by atoms with Gasteiger partial charge in [-0.25, -0.2) is 9.67 Å². The van der Waals surface area contributed by atoms with E-state index in [0.717, 1.165) is 0 Å². The number of nitrogens with zero attached hydrogens (tertiary/aromatic N) is 7. The molecule has 0 aliphatic rings. The van der Waals surface area contributed by atoms with Gasteiger partial charge in [0.2, 0.25) is 11.9 Å². The predicted octanol–water partition coefficient (Wildman–Crippen LogP) is -1.15. The zero-order chi connectivity index (χ0) is 15.2. The molecule has 10 nitrogen and oxygen atoms in total. The van der Waals surface area contributed by atoms with Crippen LogP contribution in [-0.2, 0) is 17.9 Å². The van der Waals surface area contributed by atoms with Crippen molar-refractivity contribution in [2.75, 3.05) is 26.1 Å². The van der Waals surface area contributed by atoms with Crippen LogP contribution in [0.15, 0.2) is 12.7 Å². The lowest BCUT2D eigenvalue weighted by atomic mass is 10.5. The molecule has 2 rings (SSSR count). The maximum absolute atomic E-state index is 11.7. The molecule has 112 valence electrons. The maximum Gasteiger partial charge on any atom is 0.321 e. The average Bonchev–Trinajstić information content (AvgIpc) is 2.97. The monoisotopic (exact) mass is 292 g/mol. The van der Waals surface area contributed by atoms with Crippen LogP contribution in [0.3, 0.4) is 0 Å². The highest BCUT2D eigenvalue weighted by atomic mass is 16.5. The Morgan fingerprint density at radius 1 is 1.38 bits per heavy atom. The number of hydrogen-bond acceptors (Lipinski definition) is 8. The van der Waals surface area contributed by atoms with E-state index in [-0.39, 0.29) is 25.0 Å². The minimum absolute atomic E-state index is 0.0861. The Kier molecular flexibility index (Phi) is 4.59. The summed E-state index contributed by atoms with van der Waals surface area (Å²) < 4.78 is 6.44. The molecule has 0 aliphatic carbocycles. The number of hydrogen-bond donors (Lipinski definition) is 1. The Labute approximate surface area is 121 Å². The van der Waals surface area contributed by atoms with E-state index in [0.29, 0.717) is 11.8 Å². The van der Waals surface area contributed by atoms with Gasteiger partial charge in [0.1, 0.15) is 19.2 Å². The summed E-state index contributed by atoms with van der Waals surface area (Å²) in [5, 5.41) is 6.55. The molecular weight excluding hydrogens is 276 g/mol. The summed E-state index contributed by atoms with van der Waals surface area (Å²) in [7, 11) is 5.09. The molecule has 2 aromatic heterocycles. The van der Waals surface area contributed by atoms with Crippen molar-refractivity contribution >= 4 is 11.9 Å². The summed E-state index contributed by atoms with van der Waals surface area (Å²) in [6, 6.07) is 0.203. The van der Waals surface area contributed by atoms with Crippen LogP contribution in [0.2, 0.25) is 0 Å². The predicted molar refractivity (Wildman–Crippen MR) is 72.6 cm³/mol. The molecule has 0 aliphatic heterocycles. The quantitative estimate of drug-likeness (QED) is 0.711. The lowest BCUT2D eigenvalue weighted by Gasteiger charge is -2.12. The van der Waals surface area contributed by atoms with Crippen LogP contribution >= 0.6 is 0 Å². The van der Waals surface area contributed by atoms with Gasteiger partial charge in [0, 0.05) is 14.1 Å². The Bertz CT molecular complexity index is 598. The number of ether oxygens (including phenoxy) is 1. The molecule has 0 spiro atoms. The fraction of sp³-hybridized carbons (Fsp3) is 0.455. The smallest absolute Gasteiger partial charge is 0.321 e. The molecule has 0 atom stereocenters. The van der Waals surface area contributed by atoms with Gasteiger partial charge in [0.05, 0.1) is 13.7 Å². The van der Waals surface area contributed by atoms with Crippen molar-refractivity contribution in [2.45, 2.75) is 13.1 Å². The largest absolute Gasteiger partial charge is 0.467 e. The SMILES string of the molecule is COc1nc(CNC(=O)Cn2cncn2)nc(N(C)C)n1. The van der Waals surface area contributed by atoms with Crippen molar-refractivity contribution in [3.8, 4) is 6.01 Å². The Morgan fingerprint density at radius 3 is 2.81 bits per heavy atom. The summed E-state index contributed by atoms with van der Waals surface area (Å²) in [5.41, 5.74) is 0. The molecule has 21 heavy (non-hydrogen) atoms. The average molecular weight is 292 g/mol. The van der Waals surface area contributed by atoms with Crippen molar-refractivity contribution in [1.82, 2.24) is 35.0 Å². The highest BCUT2D eigenvalue weighted by molar-refractivity contribution is 5.75. The molecule has 1 N–H and O–H groups in total. The Morgan fingerprint density at radius 2 is 2.19 bits per heavy atom. The van der Waals surface area contributed by atoms with E-state index < -0.39 is 0 Å². The number of rotatable bonds is 6. The lowest BCUT2D eigenvalue weighted by Crippen LogP contribution is -2.28. The molecule has 2 aromatic rings. The van der Waals surface area contributed by atoms with E-state index >= 15 is 0 Å². The van der Waals surface area contributed by atoms with Crippen LogP contribution in [0.4, 0.5) is 5.95 Å². The van der Waals surface area contributed by atoms with Crippen molar-refractivity contribution in [2.24, 2.45) is 0 Å². The first kappa shape index (κ1) is 14.6. The molecule has 0 saturated heterocycles. The van der Waals surface area contributed by atoms with Gasteiger partial charge in [-0.15, -0.1) is 0 Å². The van der Waals surface area contributed by atoms with E-state index in [1.54, 1.807) is 4.90 Å². The van der Waals surface area contributed by atoms with Crippen molar-refractivity contribution < 1.29 is 9.53 Å². The third kappa shape index (κ3) is 4.09. The zero-order valence-electron chi connectivity index (χ0n) is 12.0. The number of carbonyl (C=O) groups excluding carboxylic acids is 1. The van der Waals surface area contributed by atoms with Gasteiger partial charge in [-0.05, 0) is 0 Å². The minimum atomic E-state index is -0.216. The van der Waals surface area contributed by atoms with Crippen LogP contribution in [0.25, 0.3) is 0 Å². The first-order valence-electron chi connectivity index (χ1n) is 6.14. The molecule has 0 radical (unpaired) electrons. The maximum atomic E-state index is 11.7. The number of anilines is 1. The number of nitrogens with one attached hydrogen (secondary N) is 1. The number of aromatic nitrogens is 6. The second kappa shape index (κ2) is 6.59. The van der Waals surface area contributed by atoms with Gasteiger partial charge < -0.3 is 15.0 Å². The molecule has 0 saturated carbocycles. The molecule has 10 heteroatoms. The molecule has 0 unspecified atom stereocenters. The summed E-state index contributed by atoms with van der Waals surface area (Å²) in [6.45, 7) is 0.260. The van der Waals surface area contributed by atoms with Gasteiger partial charge in [-0.3, -0.25) is 4.79 Å². The lowest BCUT2D eigenvalue weighted by molar-refractivity contribution is -0.122. The second-order valence-electron chi connectivity index (χ2n) is 4.30. The van der Waals surface area contributed by atoms with Crippen molar-refractivity contribution in [3.05, 3.63) is 18.5 Å². The van der Waals surface area contributed by atoms with E-state index in [9.17, 15) is 4.79 Å². The highest BCUT2D eigenvalue weighted by Gasteiger charge is 2.10. The van der Waals surface area contributed by atoms with Crippen LogP contribution in [0, 0.1) is 0 Å². The molecule has 0 aromatic carbocycles. The highest BCUT2D eigenvalue weighted by Crippen LogP contribution is 2.09. The summed E-state index contributed by atoms with van der Waals surface area (Å²) in [4.78, 5) is 29.6. The molecule has 2 heterocycles. The molecular formula is C11H16N8O2. The molecule has 0 bridgehead atoms. The van der Waals surface area contributed by atoms with E-state index in [1.165, 1.54) is 24.4 Å². The van der Waals surface area contributed by atoms with E-state index in [1.807, 2.05) is 14.1 Å². The number of amides is 1. The standard InChI is InChI=1S/C11H16N8O2/c1-18(2)10-15-8(16-11(17-10)21-3)4-13-9(20)5-19-7-12-6-14-19/h6-7H,4-5H2,1-3H3,(H,13,20). The Hall–Kier alpha value is -2.78. The summed E-state index contributed by atoms with van der Waals surface area (Å²) in [5.74, 6) is 0.658. The normalized spacial score (nSPS) is 10.2. The first-order valence-corrected chi connectivity index (χ1v) is 6.14. The van der Waals surface area contributed by atoms with Crippen molar-refractivity contribution in [1.29, 1.82) is 0 Å². The van der Waals surface area contributed by atoms with Gasteiger partial charge in [0.15, 0.2) is 5.82 Å². The molecule has 0 fully saturated rings. The van der Waals surface area contributed by atoms with E-state index in [2.05, 4.69) is 30.4 Å². The topological polar surface area (TPSA) is 111 Å². The molecule has 1 amide bonds. The third-order valence-electron chi connectivity index (χ3n) is 2.45. The number of carbonyl (C=O) groups is 1. The summed E-state index contributed by atoms with van der Waals surface area (Å²) in [6.07, 6.45) is 2.84. The van der Waals surface area contributed by atoms with Crippen LogP contribution in [0.1, 0.15) is 5.82 Å². The Balaban J connectivity index is 1.98. The van der Waals surface area contributed by atoms with E-state index in [4.69, 9.17) is 4.74 Å². The van der Waals surface area contributed by atoms with Crippen LogP contribution in [-0.4, -0.2) is 56.8 Å². The van der Waals surface area contributed by atoms with Crippen LogP contribution in [0.5, 0.6) is 6.01 Å². The van der Waals surface area contributed by atoms with Gasteiger partial charge >= 0.3 is 6.01 Å². The second-order valence-corrected chi connectivity index (χ2v) is 4.30. The van der Waals surface area contributed by atoms with Gasteiger partial charge in [-0.1, -0.05) is 0 Å².